The van der Waals surface area contributed by atoms with Crippen LogP contribution in [0.3, 0.4) is 0 Å². The fourth-order valence-corrected chi connectivity index (χ4v) is 2.80. The number of hydrogen-bond donors (Lipinski definition) is 0. The molecule has 10 heteroatoms. The van der Waals surface area contributed by atoms with Gasteiger partial charge >= 0.3 is 11.7 Å². The number of carbonyl (C=O) groups is 1. The fraction of sp³-hybridized carbons (Fsp3) is 0.278. The molecule has 0 saturated carbocycles. The summed E-state index contributed by atoms with van der Waals surface area (Å²) in [6.45, 7) is 4.38. The van der Waals surface area contributed by atoms with Gasteiger partial charge in [-0.25, -0.2) is 4.39 Å². The Morgan fingerprint density at radius 3 is 2.57 bits per heavy atom. The van der Waals surface area contributed by atoms with Crippen LogP contribution in [0.4, 0.5) is 10.1 Å². The van der Waals surface area contributed by atoms with Crippen molar-refractivity contribution in [2.45, 2.75) is 33.9 Å². The molecule has 0 fully saturated rings. The summed E-state index contributed by atoms with van der Waals surface area (Å²) in [6, 6.07) is 5.75. The minimum Gasteiger partial charge on any atom is -0.458 e. The van der Waals surface area contributed by atoms with Crippen molar-refractivity contribution in [3.8, 4) is 11.3 Å². The van der Waals surface area contributed by atoms with Crippen molar-refractivity contribution in [2.24, 2.45) is 0 Å². The quantitative estimate of drug-likeness (QED) is 0.362. The smallest absolute Gasteiger partial charge is 0.328 e. The van der Waals surface area contributed by atoms with E-state index in [0.717, 1.165) is 0 Å². The van der Waals surface area contributed by atoms with E-state index >= 15 is 0 Å². The van der Waals surface area contributed by atoms with E-state index in [1.54, 1.807) is 19.1 Å². The number of esters is 1. The number of benzene rings is 1. The maximum absolute atomic E-state index is 13.0. The van der Waals surface area contributed by atoms with Crippen LogP contribution in [0.1, 0.15) is 22.6 Å². The molecule has 3 rings (SSSR count). The number of aryl methyl sites for hydroxylation is 1. The molecule has 0 aliphatic heterocycles. The first-order chi connectivity index (χ1) is 13.3. The molecule has 9 nitrogen and oxygen atoms in total. The maximum atomic E-state index is 13.0. The highest BCUT2D eigenvalue weighted by Crippen LogP contribution is 2.26. The van der Waals surface area contributed by atoms with Gasteiger partial charge in [0.2, 0.25) is 0 Å². The van der Waals surface area contributed by atoms with Gasteiger partial charge in [-0.2, -0.15) is 5.10 Å². The molecule has 28 heavy (non-hydrogen) atoms. The SMILES string of the molecule is Cc1nn(CC(=O)OCc2noc(-c3ccc(F)cc3)c2C)c(C)c1[N+](=O)[O-]. The topological polar surface area (TPSA) is 113 Å². The van der Waals surface area contributed by atoms with Crippen molar-refractivity contribution in [1.82, 2.24) is 14.9 Å². The average Bonchev–Trinajstić information content (AvgIpc) is 3.13. The van der Waals surface area contributed by atoms with Crippen LogP contribution >= 0.6 is 0 Å². The van der Waals surface area contributed by atoms with Crippen molar-refractivity contribution in [3.05, 3.63) is 62.8 Å². The van der Waals surface area contributed by atoms with Crippen molar-refractivity contribution < 1.29 is 23.4 Å². The second-order valence-electron chi connectivity index (χ2n) is 6.19. The van der Waals surface area contributed by atoms with E-state index < -0.39 is 10.9 Å². The largest absolute Gasteiger partial charge is 0.458 e. The van der Waals surface area contributed by atoms with Gasteiger partial charge in [0.25, 0.3) is 0 Å². The molecule has 0 amide bonds. The fourth-order valence-electron chi connectivity index (χ4n) is 2.80. The highest BCUT2D eigenvalue weighted by atomic mass is 19.1. The van der Waals surface area contributed by atoms with Crippen LogP contribution < -0.4 is 0 Å². The third-order valence-electron chi connectivity index (χ3n) is 4.30. The van der Waals surface area contributed by atoms with E-state index in [0.29, 0.717) is 22.6 Å². The number of aromatic nitrogens is 3. The van der Waals surface area contributed by atoms with Crippen molar-refractivity contribution >= 4 is 11.7 Å². The van der Waals surface area contributed by atoms with E-state index in [2.05, 4.69) is 10.3 Å². The number of ether oxygens (including phenoxy) is 1. The molecule has 0 aliphatic rings. The van der Waals surface area contributed by atoms with E-state index in [9.17, 15) is 19.3 Å². The molecule has 0 spiro atoms. The Morgan fingerprint density at radius 1 is 1.29 bits per heavy atom. The third-order valence-corrected chi connectivity index (χ3v) is 4.30. The van der Waals surface area contributed by atoms with E-state index in [1.807, 2.05) is 0 Å². The Hall–Kier alpha value is -3.56. The second kappa shape index (κ2) is 7.59. The van der Waals surface area contributed by atoms with Gasteiger partial charge in [0.15, 0.2) is 5.76 Å². The summed E-state index contributed by atoms with van der Waals surface area (Å²) in [5.74, 6) is -0.522. The lowest BCUT2D eigenvalue weighted by Crippen LogP contribution is -2.16. The molecule has 0 atom stereocenters. The maximum Gasteiger partial charge on any atom is 0.328 e. The minimum atomic E-state index is -0.619. The Morgan fingerprint density at radius 2 is 1.96 bits per heavy atom. The number of nitrogens with zero attached hydrogens (tertiary/aromatic N) is 4. The highest BCUT2D eigenvalue weighted by molar-refractivity contribution is 5.69. The van der Waals surface area contributed by atoms with Crippen LogP contribution in [0.2, 0.25) is 0 Å². The van der Waals surface area contributed by atoms with Crippen molar-refractivity contribution in [1.29, 1.82) is 0 Å². The third kappa shape index (κ3) is 3.75. The highest BCUT2D eigenvalue weighted by Gasteiger charge is 2.23. The normalized spacial score (nSPS) is 10.9. The predicted molar refractivity (Wildman–Crippen MR) is 94.8 cm³/mol. The molecular weight excluding hydrogens is 371 g/mol. The second-order valence-corrected chi connectivity index (χ2v) is 6.19. The Kier molecular flexibility index (Phi) is 5.21. The lowest BCUT2D eigenvalue weighted by atomic mass is 10.1. The molecule has 0 N–H and O–H groups in total. The van der Waals surface area contributed by atoms with Crippen molar-refractivity contribution in [3.63, 3.8) is 0 Å². The summed E-state index contributed by atoms with van der Waals surface area (Å²) >= 11 is 0. The number of nitro groups is 1. The van der Waals surface area contributed by atoms with Gasteiger partial charge in [-0.1, -0.05) is 5.16 Å². The molecular formula is C18H17FN4O5. The van der Waals surface area contributed by atoms with Gasteiger partial charge in [0.1, 0.15) is 36.1 Å². The van der Waals surface area contributed by atoms with Crippen LogP contribution in [-0.2, 0) is 22.7 Å². The summed E-state index contributed by atoms with van der Waals surface area (Å²) in [6.07, 6.45) is 0. The summed E-state index contributed by atoms with van der Waals surface area (Å²) in [5.41, 5.74) is 2.12. The standard InChI is InChI=1S/C18H17FN4O5/c1-10-15(21-28-18(10)13-4-6-14(19)7-5-13)9-27-16(24)8-22-12(3)17(23(25)26)11(2)20-22/h4-7H,8-9H2,1-3H3. The molecule has 0 unspecified atom stereocenters. The Bertz CT molecular complexity index is 1040. The molecule has 2 aromatic heterocycles. The minimum absolute atomic E-state index is 0.121. The van der Waals surface area contributed by atoms with Crippen LogP contribution in [0, 0.1) is 36.7 Å². The molecule has 0 radical (unpaired) electrons. The predicted octanol–water partition coefficient (Wildman–Crippen LogP) is 3.25. The zero-order chi connectivity index (χ0) is 20.4. The molecule has 0 aliphatic carbocycles. The van der Waals surface area contributed by atoms with Gasteiger partial charge in [-0.15, -0.1) is 0 Å². The summed E-state index contributed by atoms with van der Waals surface area (Å²) in [5, 5.41) is 18.9. The van der Waals surface area contributed by atoms with Gasteiger partial charge in [-0.3, -0.25) is 19.6 Å². The lowest BCUT2D eigenvalue weighted by Gasteiger charge is -2.05. The molecule has 0 saturated heterocycles. The lowest BCUT2D eigenvalue weighted by molar-refractivity contribution is -0.386. The van der Waals surface area contributed by atoms with Crippen LogP contribution in [-0.4, -0.2) is 25.8 Å². The van der Waals surface area contributed by atoms with Gasteiger partial charge in [0.05, 0.1) is 4.92 Å². The van der Waals surface area contributed by atoms with Crippen LogP contribution in [0.5, 0.6) is 0 Å². The first-order valence-electron chi connectivity index (χ1n) is 8.33. The van der Waals surface area contributed by atoms with Crippen molar-refractivity contribution in [2.75, 3.05) is 0 Å². The van der Waals surface area contributed by atoms with Gasteiger partial charge < -0.3 is 9.26 Å². The summed E-state index contributed by atoms with van der Waals surface area (Å²) in [4.78, 5) is 22.6. The first kappa shape index (κ1) is 19.2. The number of carbonyl (C=O) groups excluding carboxylic acids is 1. The number of rotatable bonds is 6. The van der Waals surface area contributed by atoms with E-state index in [4.69, 9.17) is 9.26 Å². The zero-order valence-electron chi connectivity index (χ0n) is 15.4. The summed E-state index contributed by atoms with van der Waals surface area (Å²) in [7, 11) is 0. The van der Waals surface area contributed by atoms with Gasteiger partial charge in [0, 0.05) is 11.1 Å². The van der Waals surface area contributed by atoms with Gasteiger partial charge in [-0.05, 0) is 45.0 Å². The molecule has 3 aromatic rings. The summed E-state index contributed by atoms with van der Waals surface area (Å²) < 4.78 is 24.8. The first-order valence-corrected chi connectivity index (χ1v) is 8.33. The van der Waals surface area contributed by atoms with Crippen LogP contribution in [0.15, 0.2) is 28.8 Å². The Labute approximate surface area is 158 Å². The van der Waals surface area contributed by atoms with Crippen LogP contribution in [0.25, 0.3) is 11.3 Å². The molecule has 0 bridgehead atoms. The average molecular weight is 388 g/mol. The Balaban J connectivity index is 1.66. The van der Waals surface area contributed by atoms with E-state index in [1.165, 1.54) is 30.7 Å². The zero-order valence-corrected chi connectivity index (χ0v) is 15.4. The number of hydrogen-bond acceptors (Lipinski definition) is 7. The molecule has 1 aromatic carbocycles. The molecule has 2 heterocycles. The van der Waals surface area contributed by atoms with E-state index in [-0.39, 0.29) is 36.0 Å². The molecule has 146 valence electrons. The monoisotopic (exact) mass is 388 g/mol. The number of halogens is 1.